The minimum Gasteiger partial charge on any atom is -0.481 e. The standard InChI is InChI=1S/C8H15NO4/c1-5(8(12)13)2-9-3-6(10)7(11)4-9/h5-7,10-11H,2-4H2,1H3,(H,12,13). The molecular formula is C8H15NO4. The zero-order valence-corrected chi connectivity index (χ0v) is 7.55. The molecule has 5 heteroatoms. The number of aliphatic hydroxyl groups excluding tert-OH is 2. The van der Waals surface area contributed by atoms with Gasteiger partial charge in [0.15, 0.2) is 0 Å². The monoisotopic (exact) mass is 189 g/mol. The van der Waals surface area contributed by atoms with Crippen LogP contribution in [-0.2, 0) is 4.79 Å². The third-order valence-electron chi connectivity index (χ3n) is 2.29. The summed E-state index contributed by atoms with van der Waals surface area (Å²) in [5.41, 5.74) is 0. The molecule has 0 aromatic rings. The maximum Gasteiger partial charge on any atom is 0.307 e. The number of hydrogen-bond acceptors (Lipinski definition) is 4. The van der Waals surface area contributed by atoms with Crippen molar-refractivity contribution in [1.82, 2.24) is 4.90 Å². The number of carboxylic acid groups (broad SMARTS) is 1. The summed E-state index contributed by atoms with van der Waals surface area (Å²) in [6.07, 6.45) is -1.47. The van der Waals surface area contributed by atoms with Gasteiger partial charge in [-0.3, -0.25) is 9.69 Å². The lowest BCUT2D eigenvalue weighted by atomic mass is 10.2. The van der Waals surface area contributed by atoms with Crippen molar-refractivity contribution in [3.8, 4) is 0 Å². The fraction of sp³-hybridized carbons (Fsp3) is 0.875. The van der Waals surface area contributed by atoms with Gasteiger partial charge >= 0.3 is 5.97 Å². The van der Waals surface area contributed by atoms with Gasteiger partial charge in [0.05, 0.1) is 18.1 Å². The Morgan fingerprint density at radius 2 is 1.92 bits per heavy atom. The zero-order chi connectivity index (χ0) is 10.0. The van der Waals surface area contributed by atoms with Gasteiger partial charge in [0.25, 0.3) is 0 Å². The molecule has 0 bridgehead atoms. The molecule has 0 aromatic heterocycles. The number of carboxylic acids is 1. The molecule has 1 saturated heterocycles. The molecule has 0 spiro atoms. The van der Waals surface area contributed by atoms with Gasteiger partial charge in [-0.05, 0) is 0 Å². The molecule has 1 aliphatic heterocycles. The lowest BCUT2D eigenvalue weighted by Gasteiger charge is -2.16. The van der Waals surface area contributed by atoms with Crippen molar-refractivity contribution in [1.29, 1.82) is 0 Å². The molecule has 3 atom stereocenters. The number of hydrogen-bond donors (Lipinski definition) is 3. The number of nitrogens with zero attached hydrogens (tertiary/aromatic N) is 1. The number of aliphatic carboxylic acids is 1. The number of rotatable bonds is 3. The second-order valence-electron chi connectivity index (χ2n) is 3.59. The first-order valence-corrected chi connectivity index (χ1v) is 4.32. The third-order valence-corrected chi connectivity index (χ3v) is 2.29. The maximum atomic E-state index is 10.5. The SMILES string of the molecule is CC(CN1CC(O)C(O)C1)C(=O)O. The summed E-state index contributed by atoms with van der Waals surface area (Å²) in [6.45, 7) is 2.71. The Morgan fingerprint density at radius 3 is 2.31 bits per heavy atom. The fourth-order valence-corrected chi connectivity index (χ4v) is 1.46. The van der Waals surface area contributed by atoms with E-state index < -0.39 is 24.1 Å². The van der Waals surface area contributed by atoms with E-state index >= 15 is 0 Å². The Kier molecular flexibility index (Phi) is 3.24. The van der Waals surface area contributed by atoms with E-state index in [9.17, 15) is 15.0 Å². The molecule has 3 unspecified atom stereocenters. The molecule has 13 heavy (non-hydrogen) atoms. The second kappa shape index (κ2) is 4.04. The molecule has 1 fully saturated rings. The van der Waals surface area contributed by atoms with Crippen molar-refractivity contribution in [3.05, 3.63) is 0 Å². The largest absolute Gasteiger partial charge is 0.481 e. The van der Waals surface area contributed by atoms with Crippen LogP contribution in [0, 0.1) is 5.92 Å². The summed E-state index contributed by atoms with van der Waals surface area (Å²) < 4.78 is 0. The highest BCUT2D eigenvalue weighted by Crippen LogP contribution is 2.11. The van der Waals surface area contributed by atoms with Crippen LogP contribution in [0.5, 0.6) is 0 Å². The first-order chi connectivity index (χ1) is 6.00. The van der Waals surface area contributed by atoms with E-state index in [0.29, 0.717) is 19.6 Å². The summed E-state index contributed by atoms with van der Waals surface area (Å²) >= 11 is 0. The van der Waals surface area contributed by atoms with Crippen molar-refractivity contribution in [2.75, 3.05) is 19.6 Å². The average Bonchev–Trinajstić information content (AvgIpc) is 2.31. The fourth-order valence-electron chi connectivity index (χ4n) is 1.46. The van der Waals surface area contributed by atoms with Crippen molar-refractivity contribution in [2.45, 2.75) is 19.1 Å². The van der Waals surface area contributed by atoms with Gasteiger partial charge in [0.1, 0.15) is 0 Å². The highest BCUT2D eigenvalue weighted by Gasteiger charge is 2.30. The maximum absolute atomic E-state index is 10.5. The average molecular weight is 189 g/mol. The molecule has 76 valence electrons. The topological polar surface area (TPSA) is 81.0 Å². The summed E-state index contributed by atoms with van der Waals surface area (Å²) in [6, 6.07) is 0. The molecule has 0 amide bonds. The van der Waals surface area contributed by atoms with Crippen LogP contribution in [0.2, 0.25) is 0 Å². The van der Waals surface area contributed by atoms with Crippen LogP contribution in [-0.4, -0.2) is 58.0 Å². The zero-order valence-electron chi connectivity index (χ0n) is 7.55. The predicted octanol–water partition coefficient (Wildman–Crippen LogP) is -1.26. The number of β-amino-alcohol motifs (C(OH)–C–C–N with tert-alkyl or cyclic N) is 2. The van der Waals surface area contributed by atoms with Gasteiger partial charge in [-0.1, -0.05) is 6.92 Å². The number of aliphatic hydroxyl groups is 2. The highest BCUT2D eigenvalue weighted by atomic mass is 16.4. The molecule has 1 aliphatic rings. The molecular weight excluding hydrogens is 174 g/mol. The molecule has 0 aromatic carbocycles. The first kappa shape index (κ1) is 10.4. The predicted molar refractivity (Wildman–Crippen MR) is 45.3 cm³/mol. The molecule has 0 saturated carbocycles. The van der Waals surface area contributed by atoms with E-state index in [4.69, 9.17) is 5.11 Å². The van der Waals surface area contributed by atoms with Crippen molar-refractivity contribution < 1.29 is 20.1 Å². The van der Waals surface area contributed by atoms with Gasteiger partial charge in [0, 0.05) is 19.6 Å². The molecule has 1 rings (SSSR count). The lowest BCUT2D eigenvalue weighted by Crippen LogP contribution is -2.30. The van der Waals surface area contributed by atoms with Crippen LogP contribution in [0.4, 0.5) is 0 Å². The van der Waals surface area contributed by atoms with Crippen molar-refractivity contribution in [3.63, 3.8) is 0 Å². The third kappa shape index (κ3) is 2.65. The van der Waals surface area contributed by atoms with Crippen molar-refractivity contribution >= 4 is 5.97 Å². The van der Waals surface area contributed by atoms with E-state index in [0.717, 1.165) is 0 Å². The van der Waals surface area contributed by atoms with Crippen LogP contribution in [0.1, 0.15) is 6.92 Å². The Labute approximate surface area is 76.6 Å². The minimum atomic E-state index is -0.851. The summed E-state index contributed by atoms with van der Waals surface area (Å²) in [7, 11) is 0. The Balaban J connectivity index is 2.35. The highest BCUT2D eigenvalue weighted by molar-refractivity contribution is 5.69. The quantitative estimate of drug-likeness (QED) is 0.516. The smallest absolute Gasteiger partial charge is 0.307 e. The van der Waals surface area contributed by atoms with Gasteiger partial charge in [-0.15, -0.1) is 0 Å². The van der Waals surface area contributed by atoms with E-state index in [-0.39, 0.29) is 0 Å². The van der Waals surface area contributed by atoms with Crippen LogP contribution in [0.25, 0.3) is 0 Å². The minimum absolute atomic E-state index is 0.360. The Hall–Kier alpha value is -0.650. The van der Waals surface area contributed by atoms with Gasteiger partial charge in [0.2, 0.25) is 0 Å². The molecule has 1 heterocycles. The lowest BCUT2D eigenvalue weighted by molar-refractivity contribution is -0.141. The molecule has 0 radical (unpaired) electrons. The van der Waals surface area contributed by atoms with E-state index in [1.807, 2.05) is 0 Å². The number of likely N-dealkylation sites (tertiary alicyclic amines) is 1. The first-order valence-electron chi connectivity index (χ1n) is 4.32. The van der Waals surface area contributed by atoms with E-state index in [1.54, 1.807) is 11.8 Å². The second-order valence-corrected chi connectivity index (χ2v) is 3.59. The van der Waals surface area contributed by atoms with Crippen molar-refractivity contribution in [2.24, 2.45) is 5.92 Å². The molecule has 5 nitrogen and oxygen atoms in total. The van der Waals surface area contributed by atoms with E-state index in [2.05, 4.69) is 0 Å². The van der Waals surface area contributed by atoms with Gasteiger partial charge < -0.3 is 15.3 Å². The normalized spacial score (nSPS) is 31.9. The summed E-state index contributed by atoms with van der Waals surface area (Å²) in [5, 5.41) is 27.0. The summed E-state index contributed by atoms with van der Waals surface area (Å²) in [4.78, 5) is 12.3. The van der Waals surface area contributed by atoms with Crippen LogP contribution >= 0.6 is 0 Å². The Morgan fingerprint density at radius 1 is 1.46 bits per heavy atom. The summed E-state index contributed by atoms with van der Waals surface area (Å²) in [5.74, 6) is -1.31. The number of carbonyl (C=O) groups is 1. The Bertz CT molecular complexity index is 187. The molecule has 0 aliphatic carbocycles. The van der Waals surface area contributed by atoms with Gasteiger partial charge in [-0.25, -0.2) is 0 Å². The molecule has 3 N–H and O–H groups in total. The van der Waals surface area contributed by atoms with Crippen LogP contribution in [0.15, 0.2) is 0 Å². The van der Waals surface area contributed by atoms with Crippen LogP contribution < -0.4 is 0 Å². The van der Waals surface area contributed by atoms with Crippen LogP contribution in [0.3, 0.4) is 0 Å². The van der Waals surface area contributed by atoms with E-state index in [1.165, 1.54) is 0 Å². The van der Waals surface area contributed by atoms with Gasteiger partial charge in [-0.2, -0.15) is 0 Å².